The number of methoxy groups -OCH3 is 1. The second kappa shape index (κ2) is 6.33. The molecule has 0 unspecified atom stereocenters. The van der Waals surface area contributed by atoms with Crippen LogP contribution in [0.3, 0.4) is 0 Å². The number of carbonyl (C=O) groups is 2. The van der Waals surface area contributed by atoms with Gasteiger partial charge in [0.2, 0.25) is 5.91 Å². The summed E-state index contributed by atoms with van der Waals surface area (Å²) < 4.78 is 11.3. The molecule has 3 fully saturated rings. The Balaban J connectivity index is 1.51. The zero-order valence-electron chi connectivity index (χ0n) is 14.4. The first-order chi connectivity index (χ1) is 12.1. The van der Waals surface area contributed by atoms with Gasteiger partial charge in [0.05, 0.1) is 12.2 Å². The molecule has 0 aromatic heterocycles. The van der Waals surface area contributed by atoms with E-state index in [0.717, 1.165) is 19.3 Å². The molecular formula is C19H24N2O4. The van der Waals surface area contributed by atoms with Crippen LogP contribution in [0, 0.1) is 17.8 Å². The molecule has 1 aromatic carbocycles. The van der Waals surface area contributed by atoms with Gasteiger partial charge in [-0.2, -0.15) is 0 Å². The SMILES string of the molecule is COCCNC(=O)[C@H]1C[C@H]2CC[C@H]1C[C@@]21NC(=O)c2ccccc2O1. The lowest BCUT2D eigenvalue weighted by atomic mass is 9.60. The lowest BCUT2D eigenvalue weighted by Crippen LogP contribution is -2.67. The topological polar surface area (TPSA) is 76.7 Å². The highest BCUT2D eigenvalue weighted by atomic mass is 16.5. The maximum atomic E-state index is 12.5. The zero-order chi connectivity index (χ0) is 17.4. The normalized spacial score (nSPS) is 32.7. The molecule has 4 aliphatic rings. The van der Waals surface area contributed by atoms with Crippen LogP contribution in [0.4, 0.5) is 0 Å². The highest BCUT2D eigenvalue weighted by Crippen LogP contribution is 2.52. The second-order valence-electron chi connectivity index (χ2n) is 7.31. The van der Waals surface area contributed by atoms with E-state index in [9.17, 15) is 9.59 Å². The first-order valence-corrected chi connectivity index (χ1v) is 9.00. The van der Waals surface area contributed by atoms with E-state index in [-0.39, 0.29) is 29.6 Å². The first kappa shape index (κ1) is 16.4. The Bertz CT molecular complexity index is 692. The van der Waals surface area contributed by atoms with E-state index in [4.69, 9.17) is 9.47 Å². The molecule has 6 heteroatoms. The fourth-order valence-corrected chi connectivity index (χ4v) is 4.69. The van der Waals surface area contributed by atoms with Crippen molar-refractivity contribution in [3.05, 3.63) is 29.8 Å². The van der Waals surface area contributed by atoms with Crippen LogP contribution >= 0.6 is 0 Å². The minimum atomic E-state index is -0.655. The minimum Gasteiger partial charge on any atom is -0.467 e. The Morgan fingerprint density at radius 3 is 3.00 bits per heavy atom. The smallest absolute Gasteiger partial charge is 0.258 e. The largest absolute Gasteiger partial charge is 0.467 e. The zero-order valence-corrected chi connectivity index (χ0v) is 14.4. The third-order valence-corrected chi connectivity index (χ3v) is 5.91. The van der Waals surface area contributed by atoms with Gasteiger partial charge in [0.15, 0.2) is 5.72 Å². The van der Waals surface area contributed by atoms with Crippen molar-refractivity contribution in [2.45, 2.75) is 31.4 Å². The summed E-state index contributed by atoms with van der Waals surface area (Å²) in [5.41, 5.74) is -0.0686. The van der Waals surface area contributed by atoms with Gasteiger partial charge in [0.25, 0.3) is 5.91 Å². The van der Waals surface area contributed by atoms with Gasteiger partial charge < -0.3 is 20.1 Å². The van der Waals surface area contributed by atoms with Crippen LogP contribution in [0.25, 0.3) is 0 Å². The predicted octanol–water partition coefficient (Wildman–Crippen LogP) is 1.70. The van der Waals surface area contributed by atoms with Gasteiger partial charge in [0, 0.05) is 31.9 Å². The minimum absolute atomic E-state index is 0.00102. The van der Waals surface area contributed by atoms with Crippen LogP contribution in [0.2, 0.25) is 0 Å². The predicted molar refractivity (Wildman–Crippen MR) is 91.1 cm³/mol. The number of nitrogens with one attached hydrogen (secondary N) is 2. The van der Waals surface area contributed by atoms with E-state index >= 15 is 0 Å². The number of rotatable bonds is 4. The summed E-state index contributed by atoms with van der Waals surface area (Å²) in [6.07, 6.45) is 3.44. The van der Waals surface area contributed by atoms with Crippen molar-refractivity contribution in [1.82, 2.24) is 10.6 Å². The van der Waals surface area contributed by atoms with Gasteiger partial charge in [-0.15, -0.1) is 0 Å². The number of hydrogen-bond acceptors (Lipinski definition) is 4. The molecule has 134 valence electrons. The van der Waals surface area contributed by atoms with E-state index in [1.165, 1.54) is 0 Å². The van der Waals surface area contributed by atoms with E-state index in [0.29, 0.717) is 30.9 Å². The average Bonchev–Trinajstić information content (AvgIpc) is 2.62. The van der Waals surface area contributed by atoms with Crippen LogP contribution in [-0.2, 0) is 9.53 Å². The molecule has 0 saturated heterocycles. The monoisotopic (exact) mass is 344 g/mol. The molecule has 1 heterocycles. The molecule has 3 saturated carbocycles. The summed E-state index contributed by atoms with van der Waals surface area (Å²) in [4.78, 5) is 25.0. The molecule has 25 heavy (non-hydrogen) atoms. The highest BCUT2D eigenvalue weighted by Gasteiger charge is 2.57. The van der Waals surface area contributed by atoms with Crippen LogP contribution in [0.15, 0.2) is 24.3 Å². The molecule has 5 rings (SSSR count). The number of ether oxygens (including phenoxy) is 2. The van der Waals surface area contributed by atoms with Crippen molar-refractivity contribution in [2.24, 2.45) is 17.8 Å². The van der Waals surface area contributed by atoms with E-state index in [2.05, 4.69) is 10.6 Å². The summed E-state index contributed by atoms with van der Waals surface area (Å²) in [5.74, 6) is 1.07. The molecule has 1 spiro atoms. The number of benzene rings is 1. The molecule has 2 N–H and O–H groups in total. The Kier molecular flexibility index (Phi) is 4.15. The van der Waals surface area contributed by atoms with Gasteiger partial charge in [-0.05, 0) is 37.3 Å². The molecule has 2 bridgehead atoms. The number of carbonyl (C=O) groups excluding carboxylic acids is 2. The molecule has 6 nitrogen and oxygen atoms in total. The summed E-state index contributed by atoms with van der Waals surface area (Å²) >= 11 is 0. The Morgan fingerprint density at radius 1 is 1.40 bits per heavy atom. The van der Waals surface area contributed by atoms with Crippen molar-refractivity contribution in [3.63, 3.8) is 0 Å². The van der Waals surface area contributed by atoms with Crippen molar-refractivity contribution >= 4 is 11.8 Å². The van der Waals surface area contributed by atoms with Crippen LogP contribution in [0.5, 0.6) is 5.75 Å². The highest BCUT2D eigenvalue weighted by molar-refractivity contribution is 5.98. The molecule has 0 radical (unpaired) electrons. The lowest BCUT2D eigenvalue weighted by molar-refractivity contribution is -0.146. The van der Waals surface area contributed by atoms with Gasteiger partial charge in [-0.25, -0.2) is 0 Å². The summed E-state index contributed by atoms with van der Waals surface area (Å²) in [6, 6.07) is 7.36. The Hall–Kier alpha value is -2.08. The van der Waals surface area contributed by atoms with Gasteiger partial charge in [0.1, 0.15) is 5.75 Å². The van der Waals surface area contributed by atoms with Gasteiger partial charge in [-0.3, -0.25) is 9.59 Å². The average molecular weight is 344 g/mol. The molecule has 3 aliphatic carbocycles. The lowest BCUT2D eigenvalue weighted by Gasteiger charge is -2.55. The van der Waals surface area contributed by atoms with Crippen molar-refractivity contribution in [3.8, 4) is 5.75 Å². The van der Waals surface area contributed by atoms with Crippen molar-refractivity contribution in [2.75, 3.05) is 20.3 Å². The first-order valence-electron chi connectivity index (χ1n) is 9.00. The number of amides is 2. The molecule has 4 atom stereocenters. The van der Waals surface area contributed by atoms with Gasteiger partial charge >= 0.3 is 0 Å². The summed E-state index contributed by atoms with van der Waals surface area (Å²) in [6.45, 7) is 1.06. The maximum Gasteiger partial charge on any atom is 0.258 e. The summed E-state index contributed by atoms with van der Waals surface area (Å²) in [5, 5.41) is 6.08. The second-order valence-corrected chi connectivity index (χ2v) is 7.31. The fourth-order valence-electron chi connectivity index (χ4n) is 4.69. The molecular weight excluding hydrogens is 320 g/mol. The maximum absolute atomic E-state index is 12.5. The molecule has 1 aromatic rings. The number of hydrogen-bond donors (Lipinski definition) is 2. The number of para-hydroxylation sites is 1. The van der Waals surface area contributed by atoms with E-state index in [1.54, 1.807) is 13.2 Å². The quantitative estimate of drug-likeness (QED) is 0.815. The van der Waals surface area contributed by atoms with Crippen LogP contribution < -0.4 is 15.4 Å². The molecule has 1 aliphatic heterocycles. The standard InChI is InChI=1S/C19H24N2O4/c1-24-9-8-20-17(22)15-10-13-7-6-12(15)11-19(13)21-18(23)14-4-2-3-5-16(14)25-19/h2-5,12-13,15H,6-11H2,1H3,(H,20,22)(H,21,23)/t12-,13+,15-,19-/m0/s1. The van der Waals surface area contributed by atoms with Crippen LogP contribution in [-0.4, -0.2) is 37.8 Å². The van der Waals surface area contributed by atoms with Gasteiger partial charge in [-0.1, -0.05) is 12.1 Å². The van der Waals surface area contributed by atoms with Crippen LogP contribution in [0.1, 0.15) is 36.0 Å². The number of fused-ring (bicyclic) bond motifs is 3. The third kappa shape index (κ3) is 2.78. The van der Waals surface area contributed by atoms with E-state index < -0.39 is 5.72 Å². The van der Waals surface area contributed by atoms with E-state index in [1.807, 2.05) is 18.2 Å². The summed E-state index contributed by atoms with van der Waals surface area (Å²) in [7, 11) is 1.62. The third-order valence-electron chi connectivity index (χ3n) is 5.91. The Morgan fingerprint density at radius 2 is 2.24 bits per heavy atom. The van der Waals surface area contributed by atoms with Crippen molar-refractivity contribution < 1.29 is 19.1 Å². The Labute approximate surface area is 147 Å². The molecule has 2 amide bonds. The fraction of sp³-hybridized carbons (Fsp3) is 0.579. The van der Waals surface area contributed by atoms with Crippen molar-refractivity contribution in [1.29, 1.82) is 0 Å².